The summed E-state index contributed by atoms with van der Waals surface area (Å²) in [7, 11) is 0. The highest BCUT2D eigenvalue weighted by atomic mass is 16.5. The van der Waals surface area contributed by atoms with Gasteiger partial charge in [0.15, 0.2) is 5.75 Å². The van der Waals surface area contributed by atoms with Crippen molar-refractivity contribution in [2.24, 2.45) is 0 Å². The van der Waals surface area contributed by atoms with Crippen LogP contribution in [0.3, 0.4) is 0 Å². The Labute approximate surface area is 131 Å². The van der Waals surface area contributed by atoms with Gasteiger partial charge in [0.2, 0.25) is 0 Å². The van der Waals surface area contributed by atoms with E-state index in [1.807, 2.05) is 57.2 Å². The van der Waals surface area contributed by atoms with Gasteiger partial charge in [-0.2, -0.15) is 10.5 Å². The Bertz CT molecular complexity index is 744. The van der Waals surface area contributed by atoms with Crippen molar-refractivity contribution >= 4 is 0 Å². The maximum absolute atomic E-state index is 9.54. The third-order valence-corrected chi connectivity index (χ3v) is 3.42. The maximum Gasteiger partial charge on any atom is 0.155 e. The first kappa shape index (κ1) is 15.6. The third-order valence-electron chi connectivity index (χ3n) is 3.42. The van der Waals surface area contributed by atoms with Gasteiger partial charge in [0, 0.05) is 0 Å². The van der Waals surface area contributed by atoms with E-state index < -0.39 is 0 Å². The number of rotatable bonds is 3. The number of nitriles is 2. The molecule has 0 fully saturated rings. The number of hydrogen-bond donors (Lipinski definition) is 0. The van der Waals surface area contributed by atoms with Gasteiger partial charge in [-0.05, 0) is 22.6 Å². The van der Waals surface area contributed by atoms with Crippen LogP contribution in [-0.2, 0) is 12.0 Å². The van der Waals surface area contributed by atoms with E-state index in [1.165, 1.54) is 0 Å². The summed E-state index contributed by atoms with van der Waals surface area (Å²) in [5.41, 5.74) is 2.53. The van der Waals surface area contributed by atoms with E-state index in [9.17, 15) is 10.5 Å². The zero-order valence-corrected chi connectivity index (χ0v) is 13.1. The lowest BCUT2D eigenvalue weighted by molar-refractivity contribution is 0.303. The number of hydrogen-bond acceptors (Lipinski definition) is 3. The topological polar surface area (TPSA) is 56.8 Å². The van der Waals surface area contributed by atoms with E-state index in [1.54, 1.807) is 6.07 Å². The molecule has 0 radical (unpaired) electrons. The van der Waals surface area contributed by atoms with E-state index in [0.717, 1.165) is 11.1 Å². The summed E-state index contributed by atoms with van der Waals surface area (Å²) in [6.45, 7) is 6.44. The SMILES string of the molecule is CC(C)(C)c1ccc(C#N)c(OCc2ccccc2)c1C#N. The van der Waals surface area contributed by atoms with Gasteiger partial charge in [-0.25, -0.2) is 0 Å². The molecule has 2 aromatic carbocycles. The number of ether oxygens (including phenoxy) is 1. The first-order valence-corrected chi connectivity index (χ1v) is 7.11. The quantitative estimate of drug-likeness (QED) is 0.846. The molecule has 2 rings (SSSR count). The molecule has 0 heterocycles. The molecule has 0 N–H and O–H groups in total. The molecule has 110 valence electrons. The van der Waals surface area contributed by atoms with Crippen molar-refractivity contribution in [2.45, 2.75) is 32.8 Å². The van der Waals surface area contributed by atoms with E-state index in [2.05, 4.69) is 12.1 Å². The second kappa shape index (κ2) is 6.33. The fraction of sp³-hybridized carbons (Fsp3) is 0.263. The van der Waals surface area contributed by atoms with E-state index >= 15 is 0 Å². The predicted molar refractivity (Wildman–Crippen MR) is 85.3 cm³/mol. The predicted octanol–water partition coefficient (Wildman–Crippen LogP) is 4.31. The maximum atomic E-state index is 9.54. The molecule has 2 aromatic rings. The zero-order chi connectivity index (χ0) is 16.2. The third kappa shape index (κ3) is 3.27. The smallest absolute Gasteiger partial charge is 0.155 e. The Morgan fingerprint density at radius 3 is 2.18 bits per heavy atom. The Kier molecular flexibility index (Phi) is 4.49. The molecule has 0 bridgehead atoms. The van der Waals surface area contributed by atoms with Crippen LogP contribution in [0.25, 0.3) is 0 Å². The Morgan fingerprint density at radius 2 is 1.64 bits per heavy atom. The van der Waals surface area contributed by atoms with Crippen molar-refractivity contribution in [3.05, 3.63) is 64.7 Å². The second-order valence-electron chi connectivity index (χ2n) is 6.11. The molecule has 0 aromatic heterocycles. The lowest BCUT2D eigenvalue weighted by Gasteiger charge is -2.22. The van der Waals surface area contributed by atoms with Crippen molar-refractivity contribution < 1.29 is 4.74 Å². The molecule has 0 atom stereocenters. The van der Waals surface area contributed by atoms with Gasteiger partial charge in [-0.1, -0.05) is 57.2 Å². The van der Waals surface area contributed by atoms with Crippen molar-refractivity contribution in [3.8, 4) is 17.9 Å². The first-order chi connectivity index (χ1) is 10.5. The monoisotopic (exact) mass is 290 g/mol. The highest BCUT2D eigenvalue weighted by Crippen LogP contribution is 2.34. The molecule has 0 aliphatic carbocycles. The van der Waals surface area contributed by atoms with Crippen molar-refractivity contribution in [3.63, 3.8) is 0 Å². The first-order valence-electron chi connectivity index (χ1n) is 7.11. The highest BCUT2D eigenvalue weighted by molar-refractivity contribution is 5.59. The minimum absolute atomic E-state index is 0.191. The van der Waals surface area contributed by atoms with E-state index in [0.29, 0.717) is 23.5 Å². The second-order valence-corrected chi connectivity index (χ2v) is 6.11. The fourth-order valence-electron chi connectivity index (χ4n) is 2.29. The van der Waals surface area contributed by atoms with Crippen LogP contribution >= 0.6 is 0 Å². The Morgan fingerprint density at radius 1 is 0.955 bits per heavy atom. The molecule has 0 saturated heterocycles. The van der Waals surface area contributed by atoms with Crippen molar-refractivity contribution in [2.75, 3.05) is 0 Å². The summed E-state index contributed by atoms with van der Waals surface area (Å²) in [5.74, 6) is 0.376. The minimum Gasteiger partial charge on any atom is -0.486 e. The number of benzene rings is 2. The largest absolute Gasteiger partial charge is 0.486 e. The van der Waals surface area contributed by atoms with Crippen LogP contribution in [0.15, 0.2) is 42.5 Å². The van der Waals surface area contributed by atoms with Crippen molar-refractivity contribution in [1.29, 1.82) is 10.5 Å². The molecule has 0 spiro atoms. The molecular formula is C19H18N2O. The van der Waals surface area contributed by atoms with Gasteiger partial charge < -0.3 is 4.74 Å². The van der Waals surface area contributed by atoms with Crippen LogP contribution in [0.4, 0.5) is 0 Å². The number of nitrogens with zero attached hydrogens (tertiary/aromatic N) is 2. The van der Waals surface area contributed by atoms with E-state index in [4.69, 9.17) is 4.74 Å². The summed E-state index contributed by atoms with van der Waals surface area (Å²) in [5, 5.41) is 18.8. The standard InChI is InChI=1S/C19H18N2O/c1-19(2,3)17-10-9-15(11-20)18(16(17)12-21)22-13-14-7-5-4-6-8-14/h4-10H,13H2,1-3H3. The van der Waals surface area contributed by atoms with Gasteiger partial charge >= 0.3 is 0 Å². The normalized spacial score (nSPS) is 10.6. The van der Waals surface area contributed by atoms with Gasteiger partial charge in [0.25, 0.3) is 0 Å². The van der Waals surface area contributed by atoms with Crippen LogP contribution < -0.4 is 4.74 Å². The van der Waals surface area contributed by atoms with Gasteiger partial charge in [-0.3, -0.25) is 0 Å². The van der Waals surface area contributed by atoms with Gasteiger partial charge in [0.05, 0.1) is 11.1 Å². The molecule has 0 unspecified atom stereocenters. The molecule has 0 amide bonds. The van der Waals surface area contributed by atoms with Crippen LogP contribution in [-0.4, -0.2) is 0 Å². The summed E-state index contributed by atoms with van der Waals surface area (Å²) < 4.78 is 5.83. The molecule has 3 nitrogen and oxygen atoms in total. The van der Waals surface area contributed by atoms with Crippen LogP contribution in [0.1, 0.15) is 43.0 Å². The van der Waals surface area contributed by atoms with Gasteiger partial charge in [0.1, 0.15) is 18.7 Å². The Balaban J connectivity index is 2.45. The lowest BCUT2D eigenvalue weighted by atomic mass is 9.83. The summed E-state index contributed by atoms with van der Waals surface area (Å²) in [6, 6.07) is 17.6. The van der Waals surface area contributed by atoms with Crippen LogP contribution in [0, 0.1) is 22.7 Å². The zero-order valence-electron chi connectivity index (χ0n) is 13.1. The molecule has 0 aliphatic rings. The molecule has 3 heteroatoms. The minimum atomic E-state index is -0.191. The average Bonchev–Trinajstić information content (AvgIpc) is 2.51. The molecule has 0 saturated carbocycles. The highest BCUT2D eigenvalue weighted by Gasteiger charge is 2.23. The molecular weight excluding hydrogens is 272 g/mol. The Hall–Kier alpha value is -2.78. The summed E-state index contributed by atoms with van der Waals surface area (Å²) in [6.07, 6.45) is 0. The average molecular weight is 290 g/mol. The lowest BCUT2D eigenvalue weighted by Crippen LogP contribution is -2.14. The summed E-state index contributed by atoms with van der Waals surface area (Å²) >= 11 is 0. The van der Waals surface area contributed by atoms with Crippen LogP contribution in [0.2, 0.25) is 0 Å². The molecule has 0 aliphatic heterocycles. The van der Waals surface area contributed by atoms with Gasteiger partial charge in [-0.15, -0.1) is 0 Å². The van der Waals surface area contributed by atoms with Crippen LogP contribution in [0.5, 0.6) is 5.75 Å². The van der Waals surface area contributed by atoms with E-state index in [-0.39, 0.29) is 5.41 Å². The fourth-order valence-corrected chi connectivity index (χ4v) is 2.29. The summed E-state index contributed by atoms with van der Waals surface area (Å²) in [4.78, 5) is 0. The molecule has 22 heavy (non-hydrogen) atoms. The van der Waals surface area contributed by atoms with Crippen molar-refractivity contribution in [1.82, 2.24) is 0 Å².